The van der Waals surface area contributed by atoms with Crippen LogP contribution in [0.5, 0.6) is 0 Å². The van der Waals surface area contributed by atoms with Crippen molar-refractivity contribution >= 4 is 23.2 Å². The Bertz CT molecular complexity index is 427. The van der Waals surface area contributed by atoms with Crippen molar-refractivity contribution in [3.63, 3.8) is 0 Å². The Kier molecular flexibility index (Phi) is 5.66. The SMILES string of the molecule is COC1CN(C(CN)c2cc(Cl)cc(Cl)c2)CC1OC. The van der Waals surface area contributed by atoms with E-state index >= 15 is 0 Å². The first kappa shape index (κ1) is 16.0. The lowest BCUT2D eigenvalue weighted by Gasteiger charge is -2.27. The van der Waals surface area contributed by atoms with Gasteiger partial charge in [-0.2, -0.15) is 0 Å². The summed E-state index contributed by atoms with van der Waals surface area (Å²) in [5.41, 5.74) is 6.97. The summed E-state index contributed by atoms with van der Waals surface area (Å²) in [6, 6.07) is 5.60. The van der Waals surface area contributed by atoms with Crippen LogP contribution in [0, 0.1) is 0 Å². The van der Waals surface area contributed by atoms with Crippen molar-refractivity contribution in [3.05, 3.63) is 33.8 Å². The maximum absolute atomic E-state index is 6.08. The summed E-state index contributed by atoms with van der Waals surface area (Å²) in [6.07, 6.45) is 0.118. The van der Waals surface area contributed by atoms with E-state index in [9.17, 15) is 0 Å². The van der Waals surface area contributed by atoms with Gasteiger partial charge < -0.3 is 15.2 Å². The fourth-order valence-corrected chi connectivity index (χ4v) is 3.29. The van der Waals surface area contributed by atoms with E-state index < -0.39 is 0 Å². The zero-order valence-corrected chi connectivity index (χ0v) is 13.2. The number of halogens is 2. The number of nitrogens with two attached hydrogens (primary N) is 1. The van der Waals surface area contributed by atoms with Crippen LogP contribution in [0.2, 0.25) is 10.0 Å². The summed E-state index contributed by atoms with van der Waals surface area (Å²) in [6.45, 7) is 2.05. The van der Waals surface area contributed by atoms with Crippen molar-refractivity contribution in [3.8, 4) is 0 Å². The molecule has 112 valence electrons. The second-order valence-electron chi connectivity index (χ2n) is 4.96. The van der Waals surface area contributed by atoms with Crippen LogP contribution in [-0.4, -0.2) is 51.0 Å². The molecule has 2 rings (SSSR count). The van der Waals surface area contributed by atoms with Crippen molar-refractivity contribution in [2.75, 3.05) is 33.9 Å². The maximum atomic E-state index is 6.08. The monoisotopic (exact) mass is 318 g/mol. The molecule has 1 saturated heterocycles. The molecular weight excluding hydrogens is 299 g/mol. The molecule has 1 aliphatic rings. The molecule has 0 amide bonds. The van der Waals surface area contributed by atoms with Crippen molar-refractivity contribution in [2.24, 2.45) is 5.73 Å². The standard InChI is InChI=1S/C14H20Cl2N2O2/c1-19-13-7-18(8-14(13)20-2)12(6-17)9-3-10(15)5-11(16)4-9/h3-5,12-14H,6-8,17H2,1-2H3. The Morgan fingerprint density at radius 1 is 1.15 bits per heavy atom. The summed E-state index contributed by atoms with van der Waals surface area (Å²) in [4.78, 5) is 2.25. The first-order chi connectivity index (χ1) is 9.58. The summed E-state index contributed by atoms with van der Waals surface area (Å²) in [5, 5.41) is 1.24. The van der Waals surface area contributed by atoms with Crippen LogP contribution in [0.25, 0.3) is 0 Å². The molecule has 0 spiro atoms. The van der Waals surface area contributed by atoms with Gasteiger partial charge in [0.25, 0.3) is 0 Å². The van der Waals surface area contributed by atoms with Crippen molar-refractivity contribution < 1.29 is 9.47 Å². The van der Waals surface area contributed by atoms with Gasteiger partial charge in [-0.05, 0) is 23.8 Å². The molecular formula is C14H20Cl2N2O2. The number of hydrogen-bond donors (Lipinski definition) is 1. The third kappa shape index (κ3) is 3.45. The molecule has 1 fully saturated rings. The third-order valence-electron chi connectivity index (χ3n) is 3.78. The lowest BCUT2D eigenvalue weighted by molar-refractivity contribution is -0.00461. The minimum atomic E-state index is 0.0590. The fourth-order valence-electron chi connectivity index (χ4n) is 2.74. The molecule has 1 aliphatic heterocycles. The summed E-state index contributed by atoms with van der Waals surface area (Å²) in [5.74, 6) is 0. The van der Waals surface area contributed by atoms with Gasteiger partial charge in [-0.15, -0.1) is 0 Å². The van der Waals surface area contributed by atoms with Crippen LogP contribution in [-0.2, 0) is 9.47 Å². The number of likely N-dealkylation sites (tertiary alicyclic amines) is 1. The van der Waals surface area contributed by atoms with Gasteiger partial charge in [-0.25, -0.2) is 0 Å². The third-order valence-corrected chi connectivity index (χ3v) is 4.22. The van der Waals surface area contributed by atoms with Gasteiger partial charge in [-0.1, -0.05) is 23.2 Å². The molecule has 3 atom stereocenters. The molecule has 0 radical (unpaired) electrons. The fraction of sp³-hybridized carbons (Fsp3) is 0.571. The van der Waals surface area contributed by atoms with E-state index in [4.69, 9.17) is 38.4 Å². The van der Waals surface area contributed by atoms with Crippen LogP contribution in [0.4, 0.5) is 0 Å². The van der Waals surface area contributed by atoms with Crippen molar-refractivity contribution in [1.82, 2.24) is 4.90 Å². The van der Waals surface area contributed by atoms with Crippen molar-refractivity contribution in [1.29, 1.82) is 0 Å². The molecule has 2 N–H and O–H groups in total. The number of nitrogens with zero attached hydrogens (tertiary/aromatic N) is 1. The molecule has 6 heteroatoms. The van der Waals surface area contributed by atoms with Crippen LogP contribution >= 0.6 is 23.2 Å². The highest BCUT2D eigenvalue weighted by molar-refractivity contribution is 6.34. The second kappa shape index (κ2) is 7.07. The summed E-state index contributed by atoms with van der Waals surface area (Å²) >= 11 is 12.2. The van der Waals surface area contributed by atoms with Gasteiger partial charge in [0, 0.05) is 49.9 Å². The quantitative estimate of drug-likeness (QED) is 0.905. The number of benzene rings is 1. The topological polar surface area (TPSA) is 47.7 Å². The van der Waals surface area contributed by atoms with Gasteiger partial charge in [0.1, 0.15) is 0 Å². The van der Waals surface area contributed by atoms with Crippen LogP contribution in [0.1, 0.15) is 11.6 Å². The zero-order chi connectivity index (χ0) is 14.7. The van der Waals surface area contributed by atoms with E-state index in [-0.39, 0.29) is 18.2 Å². The van der Waals surface area contributed by atoms with Gasteiger partial charge in [0.05, 0.1) is 12.2 Å². The largest absolute Gasteiger partial charge is 0.377 e. The number of hydrogen-bond acceptors (Lipinski definition) is 4. The molecule has 20 heavy (non-hydrogen) atoms. The molecule has 3 unspecified atom stereocenters. The summed E-state index contributed by atoms with van der Waals surface area (Å²) in [7, 11) is 3.40. The Morgan fingerprint density at radius 3 is 2.05 bits per heavy atom. The molecule has 1 aromatic carbocycles. The smallest absolute Gasteiger partial charge is 0.0972 e. The zero-order valence-electron chi connectivity index (χ0n) is 11.7. The molecule has 1 aromatic rings. The number of rotatable bonds is 5. The minimum Gasteiger partial charge on any atom is -0.377 e. The van der Waals surface area contributed by atoms with Crippen LogP contribution < -0.4 is 5.73 Å². The Hall–Kier alpha value is -0.360. The van der Waals surface area contributed by atoms with Gasteiger partial charge in [-0.3, -0.25) is 4.90 Å². The summed E-state index contributed by atoms with van der Waals surface area (Å²) < 4.78 is 10.9. The van der Waals surface area contributed by atoms with Gasteiger partial charge >= 0.3 is 0 Å². The average Bonchev–Trinajstić information content (AvgIpc) is 2.81. The van der Waals surface area contributed by atoms with E-state index in [1.165, 1.54) is 0 Å². The van der Waals surface area contributed by atoms with E-state index in [0.29, 0.717) is 16.6 Å². The van der Waals surface area contributed by atoms with E-state index in [1.54, 1.807) is 20.3 Å². The van der Waals surface area contributed by atoms with E-state index in [0.717, 1.165) is 18.7 Å². The number of ether oxygens (including phenoxy) is 2. The van der Waals surface area contributed by atoms with E-state index in [1.807, 2.05) is 12.1 Å². The first-order valence-electron chi connectivity index (χ1n) is 6.54. The lowest BCUT2D eigenvalue weighted by atomic mass is 10.1. The number of methoxy groups -OCH3 is 2. The first-order valence-corrected chi connectivity index (χ1v) is 7.30. The predicted octanol–water partition coefficient (Wildman–Crippen LogP) is 2.34. The molecule has 0 bridgehead atoms. The molecule has 0 aliphatic carbocycles. The van der Waals surface area contributed by atoms with E-state index in [2.05, 4.69) is 4.90 Å². The highest BCUT2D eigenvalue weighted by Crippen LogP contribution is 2.30. The predicted molar refractivity (Wildman–Crippen MR) is 81.4 cm³/mol. The molecule has 0 saturated carbocycles. The van der Waals surface area contributed by atoms with Crippen molar-refractivity contribution in [2.45, 2.75) is 18.2 Å². The lowest BCUT2D eigenvalue weighted by Crippen LogP contribution is -2.33. The molecule has 1 heterocycles. The average molecular weight is 319 g/mol. The molecule has 0 aromatic heterocycles. The highest BCUT2D eigenvalue weighted by Gasteiger charge is 2.36. The Balaban J connectivity index is 2.20. The highest BCUT2D eigenvalue weighted by atomic mass is 35.5. The van der Waals surface area contributed by atoms with Crippen LogP contribution in [0.3, 0.4) is 0 Å². The van der Waals surface area contributed by atoms with Gasteiger partial charge in [0.2, 0.25) is 0 Å². The van der Waals surface area contributed by atoms with Gasteiger partial charge in [0.15, 0.2) is 0 Å². The minimum absolute atomic E-state index is 0.0590. The second-order valence-corrected chi connectivity index (χ2v) is 5.83. The maximum Gasteiger partial charge on any atom is 0.0972 e. The Labute approximate surface area is 129 Å². The van der Waals surface area contributed by atoms with Crippen LogP contribution in [0.15, 0.2) is 18.2 Å². The normalized spacial score (nSPS) is 25.1. The molecule has 4 nitrogen and oxygen atoms in total. The Morgan fingerprint density at radius 2 is 1.65 bits per heavy atom.